The SMILES string of the molecule is COc1ccc2c(c1)CC1CCNCC1N2C. The molecule has 1 saturated heterocycles. The van der Waals surface area contributed by atoms with Crippen LogP contribution in [0.2, 0.25) is 0 Å². The molecule has 1 aromatic carbocycles. The number of nitrogens with one attached hydrogen (secondary N) is 1. The lowest BCUT2D eigenvalue weighted by Gasteiger charge is -2.44. The molecule has 2 aliphatic rings. The first-order valence-electron chi connectivity index (χ1n) is 6.40. The molecule has 0 bridgehead atoms. The Balaban J connectivity index is 1.96. The van der Waals surface area contributed by atoms with Crippen LogP contribution in [-0.4, -0.2) is 33.3 Å². The van der Waals surface area contributed by atoms with Crippen LogP contribution in [0.4, 0.5) is 5.69 Å². The number of anilines is 1. The number of hydrogen-bond acceptors (Lipinski definition) is 3. The number of rotatable bonds is 1. The molecule has 17 heavy (non-hydrogen) atoms. The van der Waals surface area contributed by atoms with Crippen molar-refractivity contribution >= 4 is 5.69 Å². The molecule has 3 nitrogen and oxygen atoms in total. The highest BCUT2D eigenvalue weighted by Gasteiger charge is 2.33. The summed E-state index contributed by atoms with van der Waals surface area (Å²) >= 11 is 0. The Morgan fingerprint density at radius 1 is 1.41 bits per heavy atom. The van der Waals surface area contributed by atoms with Gasteiger partial charge in [-0.2, -0.15) is 0 Å². The summed E-state index contributed by atoms with van der Waals surface area (Å²) in [5.74, 6) is 1.77. The third-order valence-corrected chi connectivity index (χ3v) is 4.24. The largest absolute Gasteiger partial charge is 0.497 e. The van der Waals surface area contributed by atoms with Crippen molar-refractivity contribution in [2.45, 2.75) is 18.9 Å². The lowest BCUT2D eigenvalue weighted by Crippen LogP contribution is -2.53. The van der Waals surface area contributed by atoms with Gasteiger partial charge in [-0.1, -0.05) is 0 Å². The maximum Gasteiger partial charge on any atom is 0.119 e. The van der Waals surface area contributed by atoms with Gasteiger partial charge >= 0.3 is 0 Å². The molecule has 1 aromatic rings. The van der Waals surface area contributed by atoms with Crippen molar-refractivity contribution in [3.05, 3.63) is 23.8 Å². The molecule has 0 saturated carbocycles. The first kappa shape index (κ1) is 10.9. The van der Waals surface area contributed by atoms with Gasteiger partial charge in [0.1, 0.15) is 5.75 Å². The zero-order chi connectivity index (χ0) is 11.8. The molecule has 1 fully saturated rings. The zero-order valence-electron chi connectivity index (χ0n) is 10.6. The van der Waals surface area contributed by atoms with Crippen molar-refractivity contribution in [3.63, 3.8) is 0 Å². The smallest absolute Gasteiger partial charge is 0.119 e. The minimum absolute atomic E-state index is 0.657. The number of hydrogen-bond donors (Lipinski definition) is 1. The lowest BCUT2D eigenvalue weighted by molar-refractivity contribution is 0.302. The predicted octanol–water partition coefficient (Wildman–Crippen LogP) is 1.67. The predicted molar refractivity (Wildman–Crippen MR) is 69.9 cm³/mol. The van der Waals surface area contributed by atoms with Crippen LogP contribution in [0.1, 0.15) is 12.0 Å². The first-order chi connectivity index (χ1) is 8.29. The summed E-state index contributed by atoms with van der Waals surface area (Å²) in [7, 11) is 3.96. The van der Waals surface area contributed by atoms with Crippen molar-refractivity contribution in [2.75, 3.05) is 32.1 Å². The van der Waals surface area contributed by atoms with Crippen molar-refractivity contribution in [2.24, 2.45) is 5.92 Å². The van der Waals surface area contributed by atoms with Gasteiger partial charge in [-0.25, -0.2) is 0 Å². The highest BCUT2D eigenvalue weighted by atomic mass is 16.5. The molecule has 2 heterocycles. The van der Waals surface area contributed by atoms with Crippen molar-refractivity contribution < 1.29 is 4.74 Å². The topological polar surface area (TPSA) is 24.5 Å². The third kappa shape index (κ3) is 1.78. The first-order valence-corrected chi connectivity index (χ1v) is 6.40. The molecule has 2 aliphatic heterocycles. The summed E-state index contributed by atoms with van der Waals surface area (Å²) in [6, 6.07) is 7.11. The van der Waals surface area contributed by atoms with Crippen LogP contribution in [0.25, 0.3) is 0 Å². The van der Waals surface area contributed by atoms with Crippen LogP contribution < -0.4 is 15.0 Å². The Morgan fingerprint density at radius 3 is 3.12 bits per heavy atom. The number of piperidine rings is 1. The lowest BCUT2D eigenvalue weighted by atomic mass is 9.82. The zero-order valence-corrected chi connectivity index (χ0v) is 10.6. The minimum atomic E-state index is 0.657. The van der Waals surface area contributed by atoms with Gasteiger partial charge in [0.2, 0.25) is 0 Å². The second-order valence-electron chi connectivity index (χ2n) is 5.13. The molecule has 0 spiro atoms. The number of benzene rings is 1. The maximum absolute atomic E-state index is 5.32. The molecular weight excluding hydrogens is 212 g/mol. The second kappa shape index (κ2) is 4.22. The number of ether oxygens (including phenoxy) is 1. The van der Waals surface area contributed by atoms with E-state index in [4.69, 9.17) is 4.74 Å². The highest BCUT2D eigenvalue weighted by Crippen LogP contribution is 2.36. The molecular formula is C14H20N2O. The number of nitrogens with zero attached hydrogens (tertiary/aromatic N) is 1. The highest BCUT2D eigenvalue weighted by molar-refractivity contribution is 5.59. The summed E-state index contributed by atoms with van der Waals surface area (Å²) in [6.07, 6.45) is 2.48. The van der Waals surface area contributed by atoms with Crippen molar-refractivity contribution in [3.8, 4) is 5.75 Å². The van der Waals surface area contributed by atoms with Gasteiger partial charge < -0.3 is 15.0 Å². The van der Waals surface area contributed by atoms with Gasteiger partial charge in [0, 0.05) is 25.3 Å². The Hall–Kier alpha value is -1.22. The normalized spacial score (nSPS) is 27.3. The minimum Gasteiger partial charge on any atom is -0.497 e. The van der Waals surface area contributed by atoms with E-state index < -0.39 is 0 Å². The Kier molecular flexibility index (Phi) is 2.71. The van der Waals surface area contributed by atoms with Crippen LogP contribution in [0.15, 0.2) is 18.2 Å². The second-order valence-corrected chi connectivity index (χ2v) is 5.13. The molecule has 1 N–H and O–H groups in total. The van der Waals surface area contributed by atoms with Crippen LogP contribution >= 0.6 is 0 Å². The van der Waals surface area contributed by atoms with Gasteiger partial charge in [0.15, 0.2) is 0 Å². The molecule has 0 aliphatic carbocycles. The van der Waals surface area contributed by atoms with E-state index in [1.54, 1.807) is 7.11 Å². The van der Waals surface area contributed by atoms with E-state index in [0.717, 1.165) is 24.8 Å². The fraction of sp³-hybridized carbons (Fsp3) is 0.571. The van der Waals surface area contributed by atoms with E-state index in [0.29, 0.717) is 6.04 Å². The van der Waals surface area contributed by atoms with Crippen LogP contribution in [-0.2, 0) is 6.42 Å². The Morgan fingerprint density at radius 2 is 2.29 bits per heavy atom. The molecule has 0 radical (unpaired) electrons. The van der Waals surface area contributed by atoms with Crippen molar-refractivity contribution in [1.82, 2.24) is 5.32 Å². The molecule has 3 heteroatoms. The molecule has 92 valence electrons. The van der Waals surface area contributed by atoms with Gasteiger partial charge in [0.25, 0.3) is 0 Å². The average Bonchev–Trinajstić information content (AvgIpc) is 2.38. The van der Waals surface area contributed by atoms with Gasteiger partial charge in [-0.15, -0.1) is 0 Å². The average molecular weight is 232 g/mol. The fourth-order valence-corrected chi connectivity index (χ4v) is 3.25. The van der Waals surface area contributed by atoms with Gasteiger partial charge in [-0.3, -0.25) is 0 Å². The van der Waals surface area contributed by atoms with Crippen LogP contribution in [0.3, 0.4) is 0 Å². The van der Waals surface area contributed by atoms with Gasteiger partial charge in [-0.05, 0) is 49.1 Å². The summed E-state index contributed by atoms with van der Waals surface area (Å²) in [4.78, 5) is 2.44. The molecule has 0 amide bonds. The number of likely N-dealkylation sites (N-methyl/N-ethyl adjacent to an activating group) is 1. The van der Waals surface area contributed by atoms with Crippen LogP contribution in [0, 0.1) is 5.92 Å². The summed E-state index contributed by atoms with van der Waals surface area (Å²) in [5.41, 5.74) is 2.81. The quantitative estimate of drug-likeness (QED) is 0.797. The van der Waals surface area contributed by atoms with Gasteiger partial charge in [0.05, 0.1) is 7.11 Å². The Labute approximate surface area is 103 Å². The van der Waals surface area contributed by atoms with Crippen LogP contribution in [0.5, 0.6) is 5.75 Å². The van der Waals surface area contributed by atoms with E-state index >= 15 is 0 Å². The van der Waals surface area contributed by atoms with E-state index in [2.05, 4.69) is 35.5 Å². The van der Waals surface area contributed by atoms with E-state index in [9.17, 15) is 0 Å². The summed E-state index contributed by atoms with van der Waals surface area (Å²) < 4.78 is 5.32. The number of fused-ring (bicyclic) bond motifs is 2. The molecule has 0 aromatic heterocycles. The standard InChI is InChI=1S/C14H20N2O/c1-16-13-4-3-12(17-2)8-11(13)7-10-5-6-15-9-14(10)16/h3-4,8,10,14-15H,5-7,9H2,1-2H3. The molecule has 2 unspecified atom stereocenters. The molecule has 2 atom stereocenters. The molecule has 3 rings (SSSR count). The van der Waals surface area contributed by atoms with E-state index in [1.165, 1.54) is 24.1 Å². The Bertz CT molecular complexity index is 419. The summed E-state index contributed by atoms with van der Waals surface area (Å²) in [5, 5.41) is 3.50. The van der Waals surface area contributed by atoms with E-state index in [1.807, 2.05) is 0 Å². The number of methoxy groups -OCH3 is 1. The maximum atomic E-state index is 5.32. The monoisotopic (exact) mass is 232 g/mol. The van der Waals surface area contributed by atoms with Crippen molar-refractivity contribution in [1.29, 1.82) is 0 Å². The van der Waals surface area contributed by atoms with E-state index in [-0.39, 0.29) is 0 Å². The fourth-order valence-electron chi connectivity index (χ4n) is 3.25. The summed E-state index contributed by atoms with van der Waals surface area (Å²) in [6.45, 7) is 2.28. The third-order valence-electron chi connectivity index (χ3n) is 4.24.